The van der Waals surface area contributed by atoms with E-state index in [1.165, 1.54) is 28.5 Å². The van der Waals surface area contributed by atoms with Crippen molar-refractivity contribution in [2.75, 3.05) is 13.1 Å². The Morgan fingerprint density at radius 1 is 1.08 bits per heavy atom. The number of amidine groups is 1. The molecule has 0 spiro atoms. The van der Waals surface area contributed by atoms with Gasteiger partial charge in [-0.3, -0.25) is 19.9 Å². The number of nitrogens with one attached hydrogen (secondary N) is 3. The summed E-state index contributed by atoms with van der Waals surface area (Å²) in [5, 5.41) is 23.3. The van der Waals surface area contributed by atoms with Gasteiger partial charge in [0, 0.05) is 31.8 Å². The number of primary amides is 1. The fourth-order valence-corrected chi connectivity index (χ4v) is 4.79. The summed E-state index contributed by atoms with van der Waals surface area (Å²) >= 11 is 0. The molecule has 1 saturated heterocycles. The molecule has 2 aliphatic rings. The Morgan fingerprint density at radius 3 is 2.16 bits per heavy atom. The SMILES string of the molecule is CCc1ccc(-c2ccc(CN3CCC(CC#N)(N/C=C(\C(=N)NC(=O)C4CC4)C(N)=O)CC3)cc2)cc1. The molecular formula is C30H36N6O2. The molecule has 0 aromatic heterocycles. The van der Waals surface area contributed by atoms with Crippen molar-refractivity contribution in [2.24, 2.45) is 11.7 Å². The van der Waals surface area contributed by atoms with Gasteiger partial charge in [-0.2, -0.15) is 5.26 Å². The topological polar surface area (TPSA) is 135 Å². The summed E-state index contributed by atoms with van der Waals surface area (Å²) in [6.45, 7) is 4.54. The second-order valence-electron chi connectivity index (χ2n) is 10.3. The van der Waals surface area contributed by atoms with E-state index < -0.39 is 11.4 Å². The molecule has 8 nitrogen and oxygen atoms in total. The first-order chi connectivity index (χ1) is 18.3. The molecule has 2 amide bonds. The van der Waals surface area contributed by atoms with Crippen LogP contribution in [0.3, 0.4) is 0 Å². The lowest BCUT2D eigenvalue weighted by molar-refractivity contribution is -0.120. The summed E-state index contributed by atoms with van der Waals surface area (Å²) in [5.74, 6) is -1.45. The van der Waals surface area contributed by atoms with Gasteiger partial charge in [0.25, 0.3) is 5.91 Å². The highest BCUT2D eigenvalue weighted by atomic mass is 16.2. The number of nitrogens with zero attached hydrogens (tertiary/aromatic N) is 2. The van der Waals surface area contributed by atoms with E-state index in [1.807, 2.05) is 0 Å². The van der Waals surface area contributed by atoms with E-state index in [0.717, 1.165) is 38.9 Å². The molecule has 0 radical (unpaired) electrons. The van der Waals surface area contributed by atoms with Gasteiger partial charge < -0.3 is 16.4 Å². The molecule has 2 fully saturated rings. The number of benzene rings is 2. The predicted molar refractivity (Wildman–Crippen MR) is 148 cm³/mol. The lowest BCUT2D eigenvalue weighted by Crippen LogP contribution is -2.51. The Labute approximate surface area is 224 Å². The monoisotopic (exact) mass is 512 g/mol. The minimum absolute atomic E-state index is 0.0877. The maximum atomic E-state index is 12.0. The quantitative estimate of drug-likeness (QED) is 0.219. The van der Waals surface area contributed by atoms with E-state index in [-0.39, 0.29) is 29.7 Å². The summed E-state index contributed by atoms with van der Waals surface area (Å²) < 4.78 is 0. The van der Waals surface area contributed by atoms with Gasteiger partial charge in [-0.15, -0.1) is 0 Å². The smallest absolute Gasteiger partial charge is 0.253 e. The molecule has 4 rings (SSSR count). The fourth-order valence-electron chi connectivity index (χ4n) is 4.79. The fraction of sp³-hybridized carbons (Fsp3) is 0.400. The first-order valence-corrected chi connectivity index (χ1v) is 13.3. The first-order valence-electron chi connectivity index (χ1n) is 13.3. The minimum atomic E-state index is -0.798. The van der Waals surface area contributed by atoms with Crippen LogP contribution < -0.4 is 16.4 Å². The van der Waals surface area contributed by atoms with Crippen molar-refractivity contribution in [3.63, 3.8) is 0 Å². The van der Waals surface area contributed by atoms with E-state index in [4.69, 9.17) is 11.1 Å². The zero-order chi connectivity index (χ0) is 27.1. The molecule has 2 aromatic rings. The summed E-state index contributed by atoms with van der Waals surface area (Å²) in [4.78, 5) is 26.4. The third-order valence-corrected chi connectivity index (χ3v) is 7.54. The number of nitrogens with two attached hydrogens (primary N) is 1. The molecule has 38 heavy (non-hydrogen) atoms. The largest absolute Gasteiger partial charge is 0.384 e. The van der Waals surface area contributed by atoms with E-state index in [2.05, 4.69) is 77.1 Å². The van der Waals surface area contributed by atoms with Crippen LogP contribution in [-0.2, 0) is 22.6 Å². The van der Waals surface area contributed by atoms with Gasteiger partial charge in [0.2, 0.25) is 5.91 Å². The molecule has 1 heterocycles. The number of hydrogen-bond acceptors (Lipinski definition) is 6. The maximum Gasteiger partial charge on any atom is 0.253 e. The second kappa shape index (κ2) is 12.1. The van der Waals surface area contributed by atoms with Crippen LogP contribution in [0.5, 0.6) is 0 Å². The third kappa shape index (κ3) is 6.87. The molecule has 1 aliphatic heterocycles. The van der Waals surface area contributed by atoms with Crippen LogP contribution in [0.15, 0.2) is 60.3 Å². The highest BCUT2D eigenvalue weighted by molar-refractivity contribution is 6.22. The van der Waals surface area contributed by atoms with E-state index in [0.29, 0.717) is 12.8 Å². The Balaban J connectivity index is 1.35. The van der Waals surface area contributed by atoms with Crippen molar-refractivity contribution >= 4 is 17.6 Å². The van der Waals surface area contributed by atoms with Crippen LogP contribution >= 0.6 is 0 Å². The number of rotatable bonds is 10. The van der Waals surface area contributed by atoms with Gasteiger partial charge in [-0.05, 0) is 54.4 Å². The van der Waals surface area contributed by atoms with E-state index in [1.54, 1.807) is 0 Å². The highest BCUT2D eigenvalue weighted by Gasteiger charge is 2.35. The number of hydrogen-bond donors (Lipinski definition) is 4. The van der Waals surface area contributed by atoms with Gasteiger partial charge in [-0.1, -0.05) is 55.5 Å². The number of piperidine rings is 1. The van der Waals surface area contributed by atoms with Gasteiger partial charge in [0.1, 0.15) is 5.84 Å². The van der Waals surface area contributed by atoms with Crippen molar-refractivity contribution in [2.45, 2.75) is 57.5 Å². The van der Waals surface area contributed by atoms with Crippen LogP contribution in [0, 0.1) is 22.7 Å². The van der Waals surface area contributed by atoms with E-state index >= 15 is 0 Å². The molecule has 1 saturated carbocycles. The Hall–Kier alpha value is -3.96. The molecule has 2 aromatic carbocycles. The summed E-state index contributed by atoms with van der Waals surface area (Å²) in [5.41, 5.74) is 9.84. The number of likely N-dealkylation sites (tertiary alicyclic amines) is 1. The molecule has 1 aliphatic carbocycles. The first kappa shape index (κ1) is 27.1. The van der Waals surface area contributed by atoms with Crippen LogP contribution in [0.4, 0.5) is 0 Å². The van der Waals surface area contributed by atoms with Crippen molar-refractivity contribution in [1.29, 1.82) is 10.7 Å². The van der Waals surface area contributed by atoms with Gasteiger partial charge >= 0.3 is 0 Å². The van der Waals surface area contributed by atoms with Crippen LogP contribution in [0.1, 0.15) is 50.2 Å². The Kier molecular flexibility index (Phi) is 8.59. The summed E-state index contributed by atoms with van der Waals surface area (Å²) in [7, 11) is 0. The Bertz CT molecular complexity index is 1230. The lowest BCUT2D eigenvalue weighted by atomic mass is 9.84. The number of carbonyl (C=O) groups excluding carboxylic acids is 2. The average Bonchev–Trinajstić information content (AvgIpc) is 3.77. The predicted octanol–water partition coefficient (Wildman–Crippen LogP) is 3.63. The molecule has 0 bridgehead atoms. The van der Waals surface area contributed by atoms with Crippen LogP contribution in [0.25, 0.3) is 11.1 Å². The molecule has 5 N–H and O–H groups in total. The van der Waals surface area contributed by atoms with Crippen LogP contribution in [-0.4, -0.2) is 41.2 Å². The van der Waals surface area contributed by atoms with Gasteiger partial charge in [0.15, 0.2) is 0 Å². The second-order valence-corrected chi connectivity index (χ2v) is 10.3. The van der Waals surface area contributed by atoms with Crippen molar-refractivity contribution in [3.05, 3.63) is 71.4 Å². The number of amides is 2. The van der Waals surface area contributed by atoms with Crippen molar-refractivity contribution in [3.8, 4) is 17.2 Å². The van der Waals surface area contributed by atoms with Crippen LogP contribution in [0.2, 0.25) is 0 Å². The zero-order valence-electron chi connectivity index (χ0n) is 21.9. The van der Waals surface area contributed by atoms with Crippen molar-refractivity contribution < 1.29 is 9.59 Å². The average molecular weight is 513 g/mol. The maximum absolute atomic E-state index is 12.0. The Morgan fingerprint density at radius 2 is 1.66 bits per heavy atom. The standard InChI is InChI=1S/C30H36N6O2/c1-2-21-3-7-23(8-4-21)24-9-5-22(6-10-24)20-36-17-14-30(13-16-31,15-18-36)34-19-26(28(33)37)27(32)35-29(38)25-11-12-25/h3-10,19,25,34H,2,11-15,17-18,20H2,1H3,(H2,33,37)(H2,32,35,38)/b26-19+. The molecular weight excluding hydrogens is 476 g/mol. The van der Waals surface area contributed by atoms with Crippen molar-refractivity contribution in [1.82, 2.24) is 15.5 Å². The zero-order valence-corrected chi connectivity index (χ0v) is 21.9. The highest BCUT2D eigenvalue weighted by Crippen LogP contribution is 2.29. The number of carbonyl (C=O) groups is 2. The molecule has 0 unspecified atom stereocenters. The summed E-state index contributed by atoms with van der Waals surface area (Å²) in [6, 6.07) is 19.6. The lowest BCUT2D eigenvalue weighted by Gasteiger charge is -2.41. The number of nitriles is 1. The minimum Gasteiger partial charge on any atom is -0.384 e. The molecule has 8 heteroatoms. The normalized spacial score (nSPS) is 17.3. The molecule has 198 valence electrons. The molecule has 0 atom stereocenters. The van der Waals surface area contributed by atoms with E-state index in [9.17, 15) is 14.9 Å². The third-order valence-electron chi connectivity index (χ3n) is 7.54. The van der Waals surface area contributed by atoms with Gasteiger partial charge in [0.05, 0.1) is 23.6 Å². The summed E-state index contributed by atoms with van der Waals surface area (Å²) in [6.07, 6.45) is 5.69. The number of aryl methyl sites for hydroxylation is 1. The van der Waals surface area contributed by atoms with Gasteiger partial charge in [-0.25, -0.2) is 0 Å².